The van der Waals surface area contributed by atoms with Gasteiger partial charge in [-0.15, -0.1) is 0 Å². The van der Waals surface area contributed by atoms with E-state index >= 15 is 0 Å². The lowest BCUT2D eigenvalue weighted by atomic mass is 9.95. The molecule has 7 aromatic rings. The first-order valence-corrected chi connectivity index (χ1v) is 23.5. The smallest absolute Gasteiger partial charge is 0.274 e. The van der Waals surface area contributed by atoms with Crippen molar-refractivity contribution in [3.63, 3.8) is 0 Å². The van der Waals surface area contributed by atoms with Crippen LogP contribution >= 0.6 is 0 Å². The van der Waals surface area contributed by atoms with Gasteiger partial charge in [0.25, 0.3) is 17.0 Å². The van der Waals surface area contributed by atoms with E-state index in [9.17, 15) is 24.6 Å². The van der Waals surface area contributed by atoms with Gasteiger partial charge < -0.3 is 43.9 Å². The number of aromatic amines is 3. The van der Waals surface area contributed by atoms with E-state index in [-0.39, 0.29) is 22.7 Å². The SMILES string of the molecule is CCCCc1[nH]c(=O)c(-c2n[nH]c(Cc3ccccc3)n2)c(O)c1-c1c(OC)cccc1OC.CCCCc1[nH]c(=O)c(C(=O)NN)c(O)c1-c1c(OC)cccc1OC.CCOC(=N)Cc1ccccc1. The van der Waals surface area contributed by atoms with Crippen LogP contribution in [0.4, 0.5) is 0 Å². The van der Waals surface area contributed by atoms with Gasteiger partial charge in [0, 0.05) is 24.2 Å². The third kappa shape index (κ3) is 13.5. The molecule has 380 valence electrons. The number of carbonyl (C=O) groups excluding carboxylic acids is 1. The molecule has 72 heavy (non-hydrogen) atoms. The van der Waals surface area contributed by atoms with Crippen molar-refractivity contribution in [3.05, 3.63) is 152 Å². The Hall–Kier alpha value is -8.38. The molecule has 0 radical (unpaired) electrons. The van der Waals surface area contributed by atoms with Gasteiger partial charge in [-0.25, -0.2) is 10.8 Å². The van der Waals surface area contributed by atoms with Gasteiger partial charge in [0.2, 0.25) is 0 Å². The van der Waals surface area contributed by atoms with E-state index in [1.54, 1.807) is 44.6 Å². The number of H-pyrrole nitrogens is 3. The Morgan fingerprint density at radius 1 is 0.639 bits per heavy atom. The quantitative estimate of drug-likeness (QED) is 0.0124. The molecule has 0 spiro atoms. The number of amides is 1. The number of carbonyl (C=O) groups is 1. The van der Waals surface area contributed by atoms with Gasteiger partial charge in [0.15, 0.2) is 11.7 Å². The zero-order valence-electron chi connectivity index (χ0n) is 41.7. The molecular weight excluding hydrogens is 921 g/mol. The van der Waals surface area contributed by atoms with Crippen LogP contribution in [0.3, 0.4) is 0 Å². The normalized spacial score (nSPS) is 10.5. The summed E-state index contributed by atoms with van der Waals surface area (Å²) in [6.45, 7) is 6.54. The number of nitrogens with two attached hydrogens (primary N) is 1. The maximum atomic E-state index is 13.1. The van der Waals surface area contributed by atoms with E-state index in [0.29, 0.717) is 95.1 Å². The maximum Gasteiger partial charge on any atom is 0.274 e. The predicted octanol–water partition coefficient (Wildman–Crippen LogP) is 8.44. The van der Waals surface area contributed by atoms with Crippen LogP contribution in [0.1, 0.15) is 85.2 Å². The summed E-state index contributed by atoms with van der Waals surface area (Å²) in [7, 11) is 6.08. The van der Waals surface area contributed by atoms with Crippen LogP contribution < -0.4 is 41.3 Å². The van der Waals surface area contributed by atoms with Crippen molar-refractivity contribution >= 4 is 11.8 Å². The minimum atomic E-state index is -0.888. The van der Waals surface area contributed by atoms with Gasteiger partial charge in [-0.05, 0) is 68.0 Å². The summed E-state index contributed by atoms with van der Waals surface area (Å²) >= 11 is 0. The van der Waals surface area contributed by atoms with E-state index in [0.717, 1.165) is 36.8 Å². The standard InChI is InChI=1S/C26H28N4O4.C18H23N3O5.C10H13NO/c1-4-5-12-17-21(22-18(33-2)13-9-14-19(22)34-3)24(31)23(26(32)27-17)25-28-20(29-30-25)15-16-10-7-6-8-11-16;1-4-5-7-10-13(14-11(25-2)8-6-9-12(14)26-3)16(22)15(17(23)20-10)18(24)21-19;1-2-12-10(11)8-9-6-4-3-5-7-9/h6-11,13-14H,4-5,12,15H2,1-3H3,(H2,27,31,32)(H,28,29,30);6,8-9H,4-5,7,19H2,1-3H3,(H,21,24)(H2,20,22,23);3-7,11H,2,8H2,1H3. The Balaban J connectivity index is 0.000000223. The minimum Gasteiger partial charge on any atom is -0.506 e. The summed E-state index contributed by atoms with van der Waals surface area (Å²) in [6, 6.07) is 30.2. The summed E-state index contributed by atoms with van der Waals surface area (Å²) in [5, 5.41) is 36.8. The fourth-order valence-electron chi connectivity index (χ4n) is 7.86. The summed E-state index contributed by atoms with van der Waals surface area (Å²) < 4.78 is 27.0. The van der Waals surface area contributed by atoms with Gasteiger partial charge >= 0.3 is 0 Å². The van der Waals surface area contributed by atoms with Crippen LogP contribution in [0.25, 0.3) is 33.6 Å². The van der Waals surface area contributed by atoms with Crippen molar-refractivity contribution in [2.45, 2.75) is 72.1 Å². The first kappa shape index (κ1) is 54.6. The van der Waals surface area contributed by atoms with Crippen LogP contribution in [0.15, 0.2) is 107 Å². The molecule has 0 aliphatic carbocycles. The number of hydrazine groups is 1. The number of nitrogens with one attached hydrogen (secondary N) is 5. The predicted molar refractivity (Wildman–Crippen MR) is 278 cm³/mol. The van der Waals surface area contributed by atoms with Crippen LogP contribution in [-0.4, -0.2) is 82.2 Å². The van der Waals surface area contributed by atoms with Crippen molar-refractivity contribution in [2.75, 3.05) is 35.0 Å². The highest BCUT2D eigenvalue weighted by molar-refractivity contribution is 5.99. The Morgan fingerprint density at radius 3 is 1.57 bits per heavy atom. The second kappa shape index (κ2) is 27.1. The summed E-state index contributed by atoms with van der Waals surface area (Å²) in [4.78, 5) is 47.6. The molecule has 0 aliphatic heterocycles. The highest BCUT2D eigenvalue weighted by Gasteiger charge is 2.28. The number of aromatic nitrogens is 5. The Morgan fingerprint density at radius 2 is 1.11 bits per heavy atom. The zero-order chi connectivity index (χ0) is 52.2. The number of rotatable bonds is 19. The van der Waals surface area contributed by atoms with E-state index in [2.05, 4.69) is 32.1 Å². The average molecular weight is 985 g/mol. The number of pyridine rings is 2. The topological polar surface area (TPSA) is 273 Å². The summed E-state index contributed by atoms with van der Waals surface area (Å²) in [5.41, 5.74) is 5.27. The summed E-state index contributed by atoms with van der Waals surface area (Å²) in [5.74, 6) is 6.55. The van der Waals surface area contributed by atoms with Gasteiger partial charge in [0.1, 0.15) is 51.4 Å². The molecule has 0 saturated carbocycles. The molecule has 0 atom stereocenters. The van der Waals surface area contributed by atoms with E-state index in [1.807, 2.05) is 86.0 Å². The van der Waals surface area contributed by atoms with Crippen molar-refractivity contribution in [2.24, 2.45) is 5.84 Å². The molecule has 0 unspecified atom stereocenters. The third-order valence-electron chi connectivity index (χ3n) is 11.3. The number of hydrogen-bond acceptors (Lipinski definition) is 14. The lowest BCUT2D eigenvalue weighted by Crippen LogP contribution is -2.35. The average Bonchev–Trinajstić information content (AvgIpc) is 3.85. The molecule has 0 bridgehead atoms. The third-order valence-corrected chi connectivity index (χ3v) is 11.3. The number of benzene rings is 4. The number of hydrogen-bond donors (Lipinski definition) is 8. The number of nitrogen functional groups attached to an aromatic ring is 1. The van der Waals surface area contributed by atoms with E-state index in [1.165, 1.54) is 14.2 Å². The molecular formula is C54H64N8O10. The molecule has 0 saturated heterocycles. The minimum absolute atomic E-state index is 0.00114. The Labute approximate surface area is 418 Å². The molecule has 18 nitrogen and oxygen atoms in total. The second-order valence-corrected chi connectivity index (χ2v) is 16.1. The molecule has 3 heterocycles. The first-order valence-electron chi connectivity index (χ1n) is 23.5. The van der Waals surface area contributed by atoms with Crippen LogP contribution in [-0.2, 0) is 30.4 Å². The molecule has 0 aliphatic rings. The largest absolute Gasteiger partial charge is 0.506 e. The van der Waals surface area contributed by atoms with Crippen molar-refractivity contribution in [1.82, 2.24) is 30.6 Å². The molecule has 4 aromatic carbocycles. The van der Waals surface area contributed by atoms with Gasteiger partial charge in [0.05, 0.1) is 57.3 Å². The van der Waals surface area contributed by atoms with Crippen molar-refractivity contribution in [1.29, 1.82) is 5.41 Å². The van der Waals surface area contributed by atoms with Gasteiger partial charge in [-0.2, -0.15) is 5.10 Å². The Kier molecular flexibility index (Phi) is 20.6. The zero-order valence-corrected chi connectivity index (χ0v) is 41.7. The lowest BCUT2D eigenvalue weighted by Gasteiger charge is -2.18. The molecule has 1 amide bonds. The fourth-order valence-corrected chi connectivity index (χ4v) is 7.86. The van der Waals surface area contributed by atoms with Gasteiger partial charge in [-0.3, -0.25) is 30.3 Å². The van der Waals surface area contributed by atoms with Crippen LogP contribution in [0.2, 0.25) is 0 Å². The fraction of sp³-hybridized carbons (Fsp3) is 0.296. The number of unbranched alkanes of at least 4 members (excludes halogenated alkanes) is 2. The van der Waals surface area contributed by atoms with Gasteiger partial charge in [-0.1, -0.05) is 99.5 Å². The summed E-state index contributed by atoms with van der Waals surface area (Å²) in [6.07, 6.45) is 5.61. The van der Waals surface area contributed by atoms with E-state index in [4.69, 9.17) is 34.9 Å². The van der Waals surface area contributed by atoms with Crippen molar-refractivity contribution < 1.29 is 38.7 Å². The molecule has 7 rings (SSSR count). The molecule has 18 heteroatoms. The lowest BCUT2D eigenvalue weighted by molar-refractivity contribution is 0.0949. The Bertz CT molecular complexity index is 2960. The van der Waals surface area contributed by atoms with Crippen molar-refractivity contribution in [3.8, 4) is 68.1 Å². The van der Waals surface area contributed by atoms with E-state index < -0.39 is 28.3 Å². The first-order chi connectivity index (χ1) is 34.9. The maximum absolute atomic E-state index is 13.1. The molecule has 0 fully saturated rings. The second-order valence-electron chi connectivity index (χ2n) is 16.1. The number of methoxy groups -OCH3 is 4. The number of nitrogens with zero attached hydrogens (tertiary/aromatic N) is 2. The monoisotopic (exact) mass is 984 g/mol. The molecule has 9 N–H and O–H groups in total. The number of aromatic hydroxyl groups is 2. The molecule has 3 aromatic heterocycles. The van der Waals surface area contributed by atoms with Crippen LogP contribution in [0, 0.1) is 5.41 Å². The van der Waals surface area contributed by atoms with Crippen LogP contribution in [0.5, 0.6) is 34.5 Å². The number of ether oxygens (including phenoxy) is 5. The highest BCUT2D eigenvalue weighted by Crippen LogP contribution is 2.47. The highest BCUT2D eigenvalue weighted by atomic mass is 16.5. The number of aryl methyl sites for hydroxylation is 2.